The molecule has 140 valence electrons. The van der Waals surface area contributed by atoms with E-state index < -0.39 is 10.1 Å². The van der Waals surface area contributed by atoms with Gasteiger partial charge in [-0.25, -0.2) is 4.39 Å². The Kier molecular flexibility index (Phi) is 6.37. The number of carbonyl (C=O) groups excluding carboxylic acids is 1. The molecule has 0 heterocycles. The third-order valence-electron chi connectivity index (χ3n) is 3.67. The standard InChI is InChI=1S/C19H22FNO4S/c1-14(2)19(22)21(12-15-8-10-17(20)11-9-15)13-16-6-4-5-7-18(16)25-26(3,23)24/h4-11,14H,12-13H2,1-3H3. The van der Waals surface area contributed by atoms with Crippen molar-refractivity contribution in [1.29, 1.82) is 0 Å². The fraction of sp³-hybridized carbons (Fsp3) is 0.316. The van der Waals surface area contributed by atoms with Crippen LogP contribution in [0.3, 0.4) is 0 Å². The van der Waals surface area contributed by atoms with Crippen molar-refractivity contribution in [3.05, 3.63) is 65.5 Å². The highest BCUT2D eigenvalue weighted by molar-refractivity contribution is 7.86. The van der Waals surface area contributed by atoms with Gasteiger partial charge in [0.2, 0.25) is 5.91 Å². The van der Waals surface area contributed by atoms with Crippen molar-refractivity contribution in [2.75, 3.05) is 6.26 Å². The van der Waals surface area contributed by atoms with Gasteiger partial charge >= 0.3 is 10.1 Å². The lowest BCUT2D eigenvalue weighted by molar-refractivity contribution is -0.135. The van der Waals surface area contributed by atoms with E-state index in [1.54, 1.807) is 55.1 Å². The van der Waals surface area contributed by atoms with E-state index >= 15 is 0 Å². The highest BCUT2D eigenvalue weighted by atomic mass is 32.2. The van der Waals surface area contributed by atoms with Gasteiger partial charge in [0.25, 0.3) is 0 Å². The third kappa shape index (κ3) is 5.84. The van der Waals surface area contributed by atoms with Crippen LogP contribution in [0.25, 0.3) is 0 Å². The number of amides is 1. The van der Waals surface area contributed by atoms with Crippen LogP contribution in [0.15, 0.2) is 48.5 Å². The number of benzene rings is 2. The maximum atomic E-state index is 13.1. The Hall–Kier alpha value is -2.41. The summed E-state index contributed by atoms with van der Waals surface area (Å²) in [7, 11) is -3.68. The second-order valence-corrected chi connectivity index (χ2v) is 7.95. The second-order valence-electron chi connectivity index (χ2n) is 6.37. The fourth-order valence-electron chi connectivity index (χ4n) is 2.47. The Balaban J connectivity index is 2.30. The molecule has 0 atom stereocenters. The van der Waals surface area contributed by atoms with Crippen LogP contribution < -0.4 is 4.18 Å². The van der Waals surface area contributed by atoms with Gasteiger partial charge in [-0.3, -0.25) is 4.79 Å². The van der Waals surface area contributed by atoms with Crippen LogP contribution in [0.5, 0.6) is 5.75 Å². The molecule has 7 heteroatoms. The van der Waals surface area contributed by atoms with Crippen LogP contribution in [0.2, 0.25) is 0 Å². The first-order valence-corrected chi connectivity index (χ1v) is 9.98. The molecule has 0 radical (unpaired) electrons. The smallest absolute Gasteiger partial charge is 0.306 e. The van der Waals surface area contributed by atoms with Gasteiger partial charge in [0.15, 0.2) is 0 Å². The first-order chi connectivity index (χ1) is 12.2. The molecule has 0 spiro atoms. The van der Waals surface area contributed by atoms with Gasteiger partial charge in [0.1, 0.15) is 11.6 Å². The van der Waals surface area contributed by atoms with Gasteiger partial charge in [-0.2, -0.15) is 8.42 Å². The zero-order valence-electron chi connectivity index (χ0n) is 15.0. The van der Waals surface area contributed by atoms with Crippen LogP contribution in [-0.4, -0.2) is 25.5 Å². The summed E-state index contributed by atoms with van der Waals surface area (Å²) in [5.74, 6) is -0.486. The van der Waals surface area contributed by atoms with Crippen LogP contribution in [0.1, 0.15) is 25.0 Å². The number of rotatable bonds is 7. The number of carbonyl (C=O) groups is 1. The van der Waals surface area contributed by atoms with Crippen LogP contribution >= 0.6 is 0 Å². The first-order valence-electron chi connectivity index (χ1n) is 8.16. The maximum Gasteiger partial charge on any atom is 0.306 e. The van der Waals surface area contributed by atoms with E-state index in [-0.39, 0.29) is 36.5 Å². The summed E-state index contributed by atoms with van der Waals surface area (Å²) in [5.41, 5.74) is 1.36. The molecule has 0 aliphatic carbocycles. The molecule has 0 bridgehead atoms. The molecule has 0 N–H and O–H groups in total. The summed E-state index contributed by atoms with van der Waals surface area (Å²) in [6, 6.07) is 12.6. The molecule has 1 amide bonds. The molecule has 0 unspecified atom stereocenters. The lowest BCUT2D eigenvalue weighted by Gasteiger charge is -2.25. The Morgan fingerprint density at radius 2 is 1.69 bits per heavy atom. The average Bonchev–Trinajstić information content (AvgIpc) is 2.55. The Labute approximate surface area is 153 Å². The Morgan fingerprint density at radius 1 is 1.08 bits per heavy atom. The number of halogens is 1. The van der Waals surface area contributed by atoms with E-state index in [0.29, 0.717) is 5.56 Å². The van der Waals surface area contributed by atoms with E-state index in [0.717, 1.165) is 11.8 Å². The number of hydrogen-bond donors (Lipinski definition) is 0. The minimum atomic E-state index is -3.68. The largest absolute Gasteiger partial charge is 0.382 e. The molecule has 0 fully saturated rings. The zero-order valence-corrected chi connectivity index (χ0v) is 15.8. The third-order valence-corrected chi connectivity index (χ3v) is 4.15. The molecule has 2 aromatic carbocycles. The summed E-state index contributed by atoms with van der Waals surface area (Å²) in [4.78, 5) is 14.2. The molecule has 0 aromatic heterocycles. The van der Waals surface area contributed by atoms with Crippen molar-refractivity contribution in [3.8, 4) is 5.75 Å². The van der Waals surface area contributed by atoms with Crippen molar-refractivity contribution >= 4 is 16.0 Å². The van der Waals surface area contributed by atoms with Gasteiger partial charge < -0.3 is 9.08 Å². The molecule has 0 aliphatic rings. The summed E-state index contributed by atoms with van der Waals surface area (Å²) >= 11 is 0. The molecule has 5 nitrogen and oxygen atoms in total. The molecule has 0 saturated carbocycles. The summed E-state index contributed by atoms with van der Waals surface area (Å²) in [6.45, 7) is 4.04. The molecule has 0 saturated heterocycles. The minimum Gasteiger partial charge on any atom is -0.382 e. The van der Waals surface area contributed by atoms with E-state index in [9.17, 15) is 17.6 Å². The van der Waals surface area contributed by atoms with Crippen LogP contribution in [0, 0.1) is 11.7 Å². The van der Waals surface area contributed by atoms with Crippen LogP contribution in [-0.2, 0) is 28.0 Å². The van der Waals surface area contributed by atoms with Gasteiger partial charge in [0.05, 0.1) is 6.26 Å². The van der Waals surface area contributed by atoms with E-state index in [2.05, 4.69) is 0 Å². The van der Waals surface area contributed by atoms with Gasteiger partial charge in [-0.05, 0) is 23.8 Å². The number of nitrogens with zero attached hydrogens (tertiary/aromatic N) is 1. The highest BCUT2D eigenvalue weighted by Gasteiger charge is 2.20. The average molecular weight is 379 g/mol. The van der Waals surface area contributed by atoms with E-state index in [4.69, 9.17) is 4.18 Å². The monoisotopic (exact) mass is 379 g/mol. The first kappa shape index (κ1) is 19.9. The second kappa shape index (κ2) is 8.31. The van der Waals surface area contributed by atoms with Crippen molar-refractivity contribution < 1.29 is 21.8 Å². The molecule has 2 rings (SSSR count). The SMILES string of the molecule is CC(C)C(=O)N(Cc1ccc(F)cc1)Cc1ccccc1OS(C)(=O)=O. The predicted molar refractivity (Wildman–Crippen MR) is 97.4 cm³/mol. The van der Waals surface area contributed by atoms with Gasteiger partial charge in [-0.1, -0.05) is 44.2 Å². The molecule has 0 aliphatic heterocycles. The molecule has 2 aromatic rings. The summed E-state index contributed by atoms with van der Waals surface area (Å²) in [5, 5.41) is 0. The van der Waals surface area contributed by atoms with Crippen molar-refractivity contribution in [3.63, 3.8) is 0 Å². The quantitative estimate of drug-likeness (QED) is 0.692. The normalized spacial score (nSPS) is 11.4. The minimum absolute atomic E-state index is 0.0940. The van der Waals surface area contributed by atoms with Gasteiger partial charge in [0, 0.05) is 24.6 Å². The highest BCUT2D eigenvalue weighted by Crippen LogP contribution is 2.23. The topological polar surface area (TPSA) is 63.7 Å². The van der Waals surface area contributed by atoms with Crippen LogP contribution in [0.4, 0.5) is 4.39 Å². The Morgan fingerprint density at radius 3 is 2.27 bits per heavy atom. The molecular formula is C19H22FNO4S. The van der Waals surface area contributed by atoms with Crippen molar-refractivity contribution in [1.82, 2.24) is 4.90 Å². The lowest BCUT2D eigenvalue weighted by atomic mass is 10.1. The zero-order chi connectivity index (χ0) is 19.3. The van der Waals surface area contributed by atoms with Gasteiger partial charge in [-0.15, -0.1) is 0 Å². The van der Waals surface area contributed by atoms with E-state index in [1.807, 2.05) is 0 Å². The van der Waals surface area contributed by atoms with Crippen molar-refractivity contribution in [2.45, 2.75) is 26.9 Å². The Bertz CT molecular complexity index is 863. The maximum absolute atomic E-state index is 13.1. The summed E-state index contributed by atoms with van der Waals surface area (Å²) < 4.78 is 41.1. The van der Waals surface area contributed by atoms with Crippen molar-refractivity contribution in [2.24, 2.45) is 5.92 Å². The molecule has 26 heavy (non-hydrogen) atoms. The van der Waals surface area contributed by atoms with E-state index in [1.165, 1.54) is 12.1 Å². The predicted octanol–water partition coefficient (Wildman–Crippen LogP) is 3.35. The fourth-order valence-corrected chi connectivity index (χ4v) is 2.96. The number of para-hydroxylation sites is 1. The summed E-state index contributed by atoms with van der Waals surface area (Å²) in [6.07, 6.45) is 0.972. The number of hydrogen-bond acceptors (Lipinski definition) is 4. The lowest BCUT2D eigenvalue weighted by Crippen LogP contribution is -2.33. The molecular weight excluding hydrogens is 357 g/mol.